The zero-order chi connectivity index (χ0) is 27.1. The molecule has 0 radical (unpaired) electrons. The van der Waals surface area contributed by atoms with Crippen molar-refractivity contribution in [2.75, 3.05) is 11.9 Å². The molecule has 0 unspecified atom stereocenters. The highest BCUT2D eigenvalue weighted by Crippen LogP contribution is 2.45. The number of amides is 1. The molecule has 0 bridgehead atoms. The number of rotatable bonds is 9. The first-order valence-corrected chi connectivity index (χ1v) is 13.0. The van der Waals surface area contributed by atoms with Crippen LogP contribution in [0.15, 0.2) is 77.7 Å². The van der Waals surface area contributed by atoms with Crippen molar-refractivity contribution in [2.45, 2.75) is 42.7 Å². The number of nitrogens with zero attached hydrogens (tertiary/aromatic N) is 2. The molecule has 4 atom stereocenters. The SMILES string of the molecule is CCCC(=O)Nc1ccn([C@@H]2S[C@H](COC(=O)c3ccccc3)[C@@H](OC(=O)c3ccccc3)[C@@H]2F)c(=O)n1. The normalized spacial score (nSPS) is 20.5. The number of aromatic nitrogens is 2. The summed E-state index contributed by atoms with van der Waals surface area (Å²) in [7, 11) is 0. The van der Waals surface area contributed by atoms with Crippen LogP contribution in [0.1, 0.15) is 45.9 Å². The van der Waals surface area contributed by atoms with Crippen LogP contribution in [0.25, 0.3) is 0 Å². The van der Waals surface area contributed by atoms with Gasteiger partial charge in [0.05, 0.1) is 16.4 Å². The number of anilines is 1. The quantitative estimate of drug-likeness (QED) is 0.406. The molecule has 1 amide bonds. The Kier molecular flexibility index (Phi) is 8.90. The lowest BCUT2D eigenvalue weighted by molar-refractivity contribution is -0.116. The van der Waals surface area contributed by atoms with E-state index in [-0.39, 0.29) is 30.3 Å². The van der Waals surface area contributed by atoms with E-state index in [2.05, 4.69) is 10.3 Å². The minimum Gasteiger partial charge on any atom is -0.461 e. The summed E-state index contributed by atoms with van der Waals surface area (Å²) < 4.78 is 27.8. The van der Waals surface area contributed by atoms with E-state index in [0.717, 1.165) is 16.3 Å². The number of thioether (sulfide) groups is 1. The first-order chi connectivity index (χ1) is 18.4. The Bertz CT molecular complexity index is 1340. The second-order valence-electron chi connectivity index (χ2n) is 8.51. The maximum absolute atomic E-state index is 15.8. The summed E-state index contributed by atoms with van der Waals surface area (Å²) in [6.07, 6.45) is -0.890. The van der Waals surface area contributed by atoms with Crippen molar-refractivity contribution in [3.05, 3.63) is 94.5 Å². The van der Waals surface area contributed by atoms with Crippen LogP contribution in [0.3, 0.4) is 0 Å². The van der Waals surface area contributed by atoms with Gasteiger partial charge in [-0.1, -0.05) is 43.3 Å². The van der Waals surface area contributed by atoms with Crippen molar-refractivity contribution >= 4 is 35.4 Å². The van der Waals surface area contributed by atoms with Crippen molar-refractivity contribution < 1.29 is 28.2 Å². The highest BCUT2D eigenvalue weighted by molar-refractivity contribution is 8.00. The lowest BCUT2D eigenvalue weighted by Gasteiger charge is -2.21. The van der Waals surface area contributed by atoms with Crippen LogP contribution < -0.4 is 11.0 Å². The summed E-state index contributed by atoms with van der Waals surface area (Å²) in [5.74, 6) is -1.57. The number of ether oxygens (including phenoxy) is 2. The van der Waals surface area contributed by atoms with Gasteiger partial charge in [-0.05, 0) is 36.8 Å². The number of nitrogens with one attached hydrogen (secondary N) is 1. The molecule has 1 aliphatic heterocycles. The van der Waals surface area contributed by atoms with Gasteiger partial charge in [-0.3, -0.25) is 9.36 Å². The molecule has 11 heteroatoms. The van der Waals surface area contributed by atoms with Crippen molar-refractivity contribution in [3.8, 4) is 0 Å². The standard InChI is InChI=1S/C27H26FN3O6S/c1-2-9-21(32)29-20-14-15-31(27(35)30-20)24-22(28)23(37-26(34)18-12-7-4-8-13-18)19(38-24)16-36-25(33)17-10-5-3-6-11-17/h3-8,10-15,19,22-24H,2,9,16H2,1H3,(H,29,30,32,35)/t19-,22+,23-,24-/m1/s1. The third kappa shape index (κ3) is 6.46. The van der Waals surface area contributed by atoms with Crippen molar-refractivity contribution in [3.63, 3.8) is 0 Å². The maximum atomic E-state index is 15.8. The average Bonchev–Trinajstić information content (AvgIpc) is 3.23. The van der Waals surface area contributed by atoms with Crippen LogP contribution in [-0.4, -0.2) is 51.5 Å². The van der Waals surface area contributed by atoms with E-state index < -0.39 is 40.5 Å². The van der Waals surface area contributed by atoms with E-state index in [1.807, 2.05) is 6.92 Å². The van der Waals surface area contributed by atoms with Crippen molar-refractivity contribution in [2.24, 2.45) is 0 Å². The number of hydrogen-bond acceptors (Lipinski definition) is 8. The molecule has 2 aromatic carbocycles. The predicted molar refractivity (Wildman–Crippen MR) is 140 cm³/mol. The van der Waals surface area contributed by atoms with Crippen LogP contribution in [0.4, 0.5) is 10.2 Å². The van der Waals surface area contributed by atoms with Crippen LogP contribution in [0.2, 0.25) is 0 Å². The molecule has 1 aliphatic rings. The largest absolute Gasteiger partial charge is 0.461 e. The highest BCUT2D eigenvalue weighted by Gasteiger charge is 2.49. The number of carbonyl (C=O) groups is 3. The first-order valence-electron chi connectivity index (χ1n) is 12.0. The molecule has 4 rings (SSSR count). The topological polar surface area (TPSA) is 117 Å². The van der Waals surface area contributed by atoms with Crippen LogP contribution in [0, 0.1) is 0 Å². The van der Waals surface area contributed by atoms with Gasteiger partial charge in [-0.25, -0.2) is 18.8 Å². The molecule has 1 saturated heterocycles. The van der Waals surface area contributed by atoms with Gasteiger partial charge >= 0.3 is 17.6 Å². The Morgan fingerprint density at radius 2 is 1.63 bits per heavy atom. The molecule has 198 valence electrons. The summed E-state index contributed by atoms with van der Waals surface area (Å²) in [6, 6.07) is 17.8. The van der Waals surface area contributed by atoms with E-state index in [1.165, 1.54) is 12.3 Å². The number of alkyl halides is 1. The number of esters is 2. The smallest absolute Gasteiger partial charge is 0.350 e. The summed E-state index contributed by atoms with van der Waals surface area (Å²) in [4.78, 5) is 53.6. The second-order valence-corrected chi connectivity index (χ2v) is 9.87. The zero-order valence-corrected chi connectivity index (χ0v) is 21.3. The fourth-order valence-electron chi connectivity index (χ4n) is 3.88. The van der Waals surface area contributed by atoms with Crippen LogP contribution in [0.5, 0.6) is 0 Å². The summed E-state index contributed by atoms with van der Waals surface area (Å²) in [5, 5.41) is 0.625. The summed E-state index contributed by atoms with van der Waals surface area (Å²) >= 11 is 1.00. The Morgan fingerprint density at radius 1 is 1.00 bits per heavy atom. The molecule has 38 heavy (non-hydrogen) atoms. The molecule has 3 aromatic rings. The zero-order valence-electron chi connectivity index (χ0n) is 20.5. The van der Waals surface area contributed by atoms with Crippen LogP contribution in [-0.2, 0) is 14.3 Å². The first kappa shape index (κ1) is 27.1. The van der Waals surface area contributed by atoms with E-state index in [1.54, 1.807) is 60.7 Å². The minimum atomic E-state index is -1.81. The summed E-state index contributed by atoms with van der Waals surface area (Å²) in [6.45, 7) is 1.59. The molecular weight excluding hydrogens is 513 g/mol. The Balaban J connectivity index is 1.54. The van der Waals surface area contributed by atoms with Gasteiger partial charge in [0.25, 0.3) is 0 Å². The maximum Gasteiger partial charge on any atom is 0.350 e. The molecule has 2 heterocycles. The summed E-state index contributed by atoms with van der Waals surface area (Å²) in [5.41, 5.74) is -0.225. The molecule has 9 nitrogen and oxygen atoms in total. The van der Waals surface area contributed by atoms with E-state index >= 15 is 4.39 Å². The monoisotopic (exact) mass is 539 g/mol. The average molecular weight is 540 g/mol. The molecule has 1 aromatic heterocycles. The fraction of sp³-hybridized carbons (Fsp3) is 0.296. The lowest BCUT2D eigenvalue weighted by atomic mass is 10.1. The van der Waals surface area contributed by atoms with E-state index in [0.29, 0.717) is 12.0 Å². The van der Waals surface area contributed by atoms with Gasteiger partial charge in [0, 0.05) is 12.6 Å². The molecule has 1 N–H and O–H groups in total. The van der Waals surface area contributed by atoms with Gasteiger partial charge in [0.2, 0.25) is 5.91 Å². The molecule has 0 aliphatic carbocycles. The van der Waals surface area contributed by atoms with Gasteiger partial charge < -0.3 is 14.8 Å². The molecular formula is C27H26FN3O6S. The number of hydrogen-bond donors (Lipinski definition) is 1. The fourth-order valence-corrected chi connectivity index (χ4v) is 5.34. The molecule has 1 fully saturated rings. The van der Waals surface area contributed by atoms with Gasteiger partial charge in [-0.2, -0.15) is 4.98 Å². The van der Waals surface area contributed by atoms with Crippen molar-refractivity contribution in [1.82, 2.24) is 9.55 Å². The lowest BCUT2D eigenvalue weighted by Crippen LogP contribution is -2.37. The third-order valence-electron chi connectivity index (χ3n) is 5.76. The predicted octanol–water partition coefficient (Wildman–Crippen LogP) is 4.02. The molecule has 0 spiro atoms. The Hall–Kier alpha value is -3.99. The Labute approximate surface area is 222 Å². The van der Waals surface area contributed by atoms with Gasteiger partial charge in [0.15, 0.2) is 12.3 Å². The highest BCUT2D eigenvalue weighted by atomic mass is 32.2. The Morgan fingerprint density at radius 3 is 2.24 bits per heavy atom. The second kappa shape index (κ2) is 12.5. The number of halogens is 1. The van der Waals surface area contributed by atoms with Gasteiger partial charge in [0.1, 0.15) is 17.8 Å². The third-order valence-corrected chi connectivity index (χ3v) is 7.28. The van der Waals surface area contributed by atoms with Crippen LogP contribution >= 0.6 is 11.8 Å². The number of carbonyl (C=O) groups excluding carboxylic acids is 3. The minimum absolute atomic E-state index is 0.0588. The van der Waals surface area contributed by atoms with Crippen molar-refractivity contribution in [1.29, 1.82) is 0 Å². The van der Waals surface area contributed by atoms with E-state index in [9.17, 15) is 19.2 Å². The molecule has 0 saturated carbocycles. The van der Waals surface area contributed by atoms with E-state index in [4.69, 9.17) is 9.47 Å². The number of benzene rings is 2. The van der Waals surface area contributed by atoms with Gasteiger partial charge in [-0.15, -0.1) is 11.8 Å².